The van der Waals surface area contributed by atoms with Crippen molar-refractivity contribution in [2.45, 2.75) is 33.4 Å². The van der Waals surface area contributed by atoms with Crippen molar-refractivity contribution in [1.82, 2.24) is 14.9 Å². The van der Waals surface area contributed by atoms with E-state index < -0.39 is 12.1 Å². The number of aryl methyl sites for hydroxylation is 2. The molecule has 0 radical (unpaired) electrons. The lowest BCUT2D eigenvalue weighted by molar-refractivity contribution is -0.144. The zero-order chi connectivity index (χ0) is 19.4. The van der Waals surface area contributed by atoms with Gasteiger partial charge in [-0.25, -0.2) is 14.8 Å². The van der Waals surface area contributed by atoms with Gasteiger partial charge in [0.15, 0.2) is 6.10 Å². The number of aliphatic carboxylic acids is 1. The quantitative estimate of drug-likeness (QED) is 0.835. The largest absolute Gasteiger partial charge is 0.479 e. The molecular weight excluding hydrogens is 344 g/mol. The first-order valence-corrected chi connectivity index (χ1v) is 9.19. The molecule has 2 heterocycles. The first-order chi connectivity index (χ1) is 12.9. The standard InChI is InChI=1S/C20H26N4O3/c1-14-12-15(2)22-20(21-14)24-10-8-23(9-11-24)13-17-6-4-5-7-18(17)27-16(3)19(25)26/h4-7,12,16H,8-11,13H2,1-3H3,(H,25,26). The molecule has 27 heavy (non-hydrogen) atoms. The number of carbonyl (C=O) groups is 1. The molecule has 3 rings (SSSR count). The molecule has 0 saturated carbocycles. The summed E-state index contributed by atoms with van der Waals surface area (Å²) in [6.07, 6.45) is -0.871. The zero-order valence-corrected chi connectivity index (χ0v) is 16.1. The van der Waals surface area contributed by atoms with E-state index in [1.54, 1.807) is 6.92 Å². The van der Waals surface area contributed by atoms with Crippen LogP contribution in [0, 0.1) is 13.8 Å². The Bertz CT molecular complexity index is 783. The molecule has 1 aliphatic heterocycles. The second-order valence-corrected chi connectivity index (χ2v) is 6.92. The fourth-order valence-electron chi connectivity index (χ4n) is 3.19. The maximum absolute atomic E-state index is 11.1. The number of hydrogen-bond donors (Lipinski definition) is 1. The number of piperazine rings is 1. The second kappa shape index (κ2) is 8.35. The summed E-state index contributed by atoms with van der Waals surface area (Å²) in [7, 11) is 0. The van der Waals surface area contributed by atoms with E-state index in [0.29, 0.717) is 5.75 Å². The van der Waals surface area contributed by atoms with Crippen molar-refractivity contribution in [2.75, 3.05) is 31.1 Å². The van der Waals surface area contributed by atoms with Gasteiger partial charge in [-0.05, 0) is 32.9 Å². The van der Waals surface area contributed by atoms with Crippen LogP contribution in [0.25, 0.3) is 0 Å². The molecule has 2 aromatic rings. The SMILES string of the molecule is Cc1cc(C)nc(N2CCN(Cc3ccccc3OC(C)C(=O)O)CC2)n1. The van der Waals surface area contributed by atoms with Crippen LogP contribution in [0.1, 0.15) is 23.9 Å². The van der Waals surface area contributed by atoms with Crippen molar-refractivity contribution in [3.05, 3.63) is 47.3 Å². The topological polar surface area (TPSA) is 78.8 Å². The summed E-state index contributed by atoms with van der Waals surface area (Å²) in [5.41, 5.74) is 2.97. The van der Waals surface area contributed by atoms with E-state index in [1.165, 1.54) is 0 Å². The van der Waals surface area contributed by atoms with Crippen molar-refractivity contribution >= 4 is 11.9 Å². The number of nitrogens with zero attached hydrogens (tertiary/aromatic N) is 4. The number of para-hydroxylation sites is 1. The summed E-state index contributed by atoms with van der Waals surface area (Å²) >= 11 is 0. The summed E-state index contributed by atoms with van der Waals surface area (Å²) in [6.45, 7) is 9.74. The van der Waals surface area contributed by atoms with Gasteiger partial charge in [0.2, 0.25) is 5.95 Å². The highest BCUT2D eigenvalue weighted by Crippen LogP contribution is 2.22. The lowest BCUT2D eigenvalue weighted by Gasteiger charge is -2.35. The Morgan fingerprint density at radius 2 is 1.78 bits per heavy atom. The van der Waals surface area contributed by atoms with Gasteiger partial charge in [0.1, 0.15) is 5.75 Å². The Kier molecular flexibility index (Phi) is 5.91. The molecule has 1 aromatic heterocycles. The minimum atomic E-state index is -0.966. The molecule has 1 aromatic carbocycles. The first kappa shape index (κ1) is 19.1. The van der Waals surface area contributed by atoms with Crippen LogP contribution < -0.4 is 9.64 Å². The van der Waals surface area contributed by atoms with Crippen molar-refractivity contribution in [3.8, 4) is 5.75 Å². The number of benzene rings is 1. The molecule has 1 atom stereocenters. The maximum atomic E-state index is 11.1. The third-order valence-corrected chi connectivity index (χ3v) is 4.64. The monoisotopic (exact) mass is 370 g/mol. The highest BCUT2D eigenvalue weighted by atomic mass is 16.5. The zero-order valence-electron chi connectivity index (χ0n) is 16.1. The highest BCUT2D eigenvalue weighted by Gasteiger charge is 2.21. The van der Waals surface area contributed by atoms with E-state index in [-0.39, 0.29) is 0 Å². The Morgan fingerprint density at radius 3 is 2.41 bits per heavy atom. The van der Waals surface area contributed by atoms with Crippen LogP contribution in [-0.4, -0.2) is 58.2 Å². The van der Waals surface area contributed by atoms with Gasteiger partial charge in [-0.15, -0.1) is 0 Å². The molecule has 1 aliphatic rings. The smallest absolute Gasteiger partial charge is 0.344 e. The van der Waals surface area contributed by atoms with E-state index in [9.17, 15) is 4.79 Å². The van der Waals surface area contributed by atoms with Gasteiger partial charge in [-0.1, -0.05) is 18.2 Å². The van der Waals surface area contributed by atoms with Gasteiger partial charge in [0.25, 0.3) is 0 Å². The normalized spacial score (nSPS) is 16.2. The van der Waals surface area contributed by atoms with E-state index in [4.69, 9.17) is 9.84 Å². The Labute approximate surface area is 159 Å². The molecule has 1 fully saturated rings. The van der Waals surface area contributed by atoms with E-state index in [1.807, 2.05) is 44.2 Å². The van der Waals surface area contributed by atoms with Gasteiger partial charge >= 0.3 is 5.97 Å². The summed E-state index contributed by atoms with van der Waals surface area (Å²) in [4.78, 5) is 24.7. The summed E-state index contributed by atoms with van der Waals surface area (Å²) in [5, 5.41) is 9.08. The molecule has 1 saturated heterocycles. The molecule has 7 nitrogen and oxygen atoms in total. The number of carboxylic acid groups (broad SMARTS) is 1. The van der Waals surface area contributed by atoms with Gasteiger partial charge < -0.3 is 14.7 Å². The Morgan fingerprint density at radius 1 is 1.15 bits per heavy atom. The molecule has 144 valence electrons. The van der Waals surface area contributed by atoms with Gasteiger partial charge in [0.05, 0.1) is 0 Å². The lowest BCUT2D eigenvalue weighted by Crippen LogP contribution is -2.46. The van der Waals surface area contributed by atoms with Crippen molar-refractivity contribution in [1.29, 1.82) is 0 Å². The van der Waals surface area contributed by atoms with Crippen molar-refractivity contribution in [3.63, 3.8) is 0 Å². The second-order valence-electron chi connectivity index (χ2n) is 6.92. The fourth-order valence-corrected chi connectivity index (χ4v) is 3.19. The van der Waals surface area contributed by atoms with E-state index in [2.05, 4.69) is 19.8 Å². The van der Waals surface area contributed by atoms with Gasteiger partial charge in [-0.2, -0.15) is 0 Å². The predicted molar refractivity (Wildman–Crippen MR) is 103 cm³/mol. The van der Waals surface area contributed by atoms with Crippen LogP contribution in [0.15, 0.2) is 30.3 Å². The third kappa shape index (κ3) is 4.95. The summed E-state index contributed by atoms with van der Waals surface area (Å²) < 4.78 is 5.61. The molecular formula is C20H26N4O3. The average molecular weight is 370 g/mol. The summed E-state index contributed by atoms with van der Waals surface area (Å²) in [5.74, 6) is 0.463. The number of hydrogen-bond acceptors (Lipinski definition) is 6. The number of aromatic nitrogens is 2. The minimum absolute atomic E-state index is 0.632. The molecule has 1 unspecified atom stereocenters. The number of ether oxygens (including phenoxy) is 1. The molecule has 0 spiro atoms. The van der Waals surface area contributed by atoms with Gasteiger partial charge in [-0.3, -0.25) is 4.90 Å². The highest BCUT2D eigenvalue weighted by molar-refractivity contribution is 5.72. The Balaban J connectivity index is 1.62. The third-order valence-electron chi connectivity index (χ3n) is 4.64. The fraction of sp³-hybridized carbons (Fsp3) is 0.450. The number of carboxylic acids is 1. The van der Waals surface area contributed by atoms with E-state index in [0.717, 1.165) is 55.6 Å². The summed E-state index contributed by atoms with van der Waals surface area (Å²) in [6, 6.07) is 9.61. The first-order valence-electron chi connectivity index (χ1n) is 9.19. The van der Waals surface area contributed by atoms with Crippen LogP contribution >= 0.6 is 0 Å². The maximum Gasteiger partial charge on any atom is 0.344 e. The molecule has 0 amide bonds. The van der Waals surface area contributed by atoms with Crippen LogP contribution in [0.5, 0.6) is 5.75 Å². The van der Waals surface area contributed by atoms with Crippen LogP contribution in [0.2, 0.25) is 0 Å². The predicted octanol–water partition coefficient (Wildman–Crippen LogP) is 2.27. The lowest BCUT2D eigenvalue weighted by atomic mass is 10.1. The molecule has 1 N–H and O–H groups in total. The van der Waals surface area contributed by atoms with Crippen LogP contribution in [0.4, 0.5) is 5.95 Å². The molecule has 0 bridgehead atoms. The molecule has 7 heteroatoms. The van der Waals surface area contributed by atoms with Crippen molar-refractivity contribution in [2.24, 2.45) is 0 Å². The van der Waals surface area contributed by atoms with E-state index >= 15 is 0 Å². The van der Waals surface area contributed by atoms with Crippen LogP contribution in [0.3, 0.4) is 0 Å². The minimum Gasteiger partial charge on any atom is -0.479 e. The average Bonchev–Trinajstić information content (AvgIpc) is 2.63. The van der Waals surface area contributed by atoms with Crippen molar-refractivity contribution < 1.29 is 14.6 Å². The van der Waals surface area contributed by atoms with Crippen LogP contribution in [-0.2, 0) is 11.3 Å². The molecule has 0 aliphatic carbocycles. The van der Waals surface area contributed by atoms with Gasteiger partial charge in [0, 0.05) is 49.7 Å². The Hall–Kier alpha value is -2.67. The number of anilines is 1. The number of rotatable bonds is 6.